The summed E-state index contributed by atoms with van der Waals surface area (Å²) in [6.07, 6.45) is 0.694. The standard InChI is InChI=1S/C33H36N2O6/c1-3-34(4-2)16-9-17-35-30(24-12-8-13-26(20-24)41-22-23-10-6-5-7-11-23)29(32(37)33(35)38)31(36)25-14-15-27-28(21-25)40-19-18-39-27/h5-8,10-15,20-21,30,36H,3-4,9,16-19,22H2,1-2H3/b31-29-. The van der Waals surface area contributed by atoms with E-state index in [9.17, 15) is 14.7 Å². The Balaban J connectivity index is 1.50. The van der Waals surface area contributed by atoms with Gasteiger partial charge in [-0.15, -0.1) is 0 Å². The minimum atomic E-state index is -0.764. The predicted molar refractivity (Wildman–Crippen MR) is 156 cm³/mol. The molecule has 214 valence electrons. The van der Waals surface area contributed by atoms with E-state index in [0.717, 1.165) is 25.2 Å². The Morgan fingerprint density at radius 3 is 2.46 bits per heavy atom. The molecule has 2 aliphatic rings. The van der Waals surface area contributed by atoms with Gasteiger partial charge in [-0.25, -0.2) is 0 Å². The van der Waals surface area contributed by atoms with Gasteiger partial charge in [0.25, 0.3) is 11.7 Å². The lowest BCUT2D eigenvalue weighted by atomic mass is 9.95. The Morgan fingerprint density at radius 1 is 0.951 bits per heavy atom. The van der Waals surface area contributed by atoms with Gasteiger partial charge in [-0.2, -0.15) is 0 Å². The van der Waals surface area contributed by atoms with Gasteiger partial charge in [-0.3, -0.25) is 9.59 Å². The van der Waals surface area contributed by atoms with E-state index in [1.165, 1.54) is 0 Å². The number of aliphatic hydroxyl groups is 1. The summed E-state index contributed by atoms with van der Waals surface area (Å²) in [5.41, 5.74) is 2.15. The zero-order chi connectivity index (χ0) is 28.8. The lowest BCUT2D eigenvalue weighted by molar-refractivity contribution is -0.140. The number of nitrogens with zero attached hydrogens (tertiary/aromatic N) is 2. The van der Waals surface area contributed by atoms with Crippen LogP contribution in [0.4, 0.5) is 0 Å². The monoisotopic (exact) mass is 556 g/mol. The van der Waals surface area contributed by atoms with Gasteiger partial charge < -0.3 is 29.1 Å². The summed E-state index contributed by atoms with van der Waals surface area (Å²) in [7, 11) is 0. The van der Waals surface area contributed by atoms with Gasteiger partial charge in [0.15, 0.2) is 11.5 Å². The van der Waals surface area contributed by atoms with E-state index in [1.807, 2.05) is 54.6 Å². The van der Waals surface area contributed by atoms with E-state index in [4.69, 9.17) is 14.2 Å². The molecule has 0 aromatic heterocycles. The molecule has 0 bridgehead atoms. The first-order valence-corrected chi connectivity index (χ1v) is 14.2. The minimum Gasteiger partial charge on any atom is -0.507 e. The quantitative estimate of drug-likeness (QED) is 0.198. The van der Waals surface area contributed by atoms with Gasteiger partial charge in [0.05, 0.1) is 11.6 Å². The van der Waals surface area contributed by atoms with Gasteiger partial charge >= 0.3 is 0 Å². The Morgan fingerprint density at radius 2 is 1.71 bits per heavy atom. The van der Waals surface area contributed by atoms with Crippen molar-refractivity contribution >= 4 is 17.4 Å². The van der Waals surface area contributed by atoms with E-state index in [1.54, 1.807) is 23.1 Å². The van der Waals surface area contributed by atoms with Gasteiger partial charge in [0.2, 0.25) is 0 Å². The highest BCUT2D eigenvalue weighted by molar-refractivity contribution is 6.46. The van der Waals surface area contributed by atoms with Crippen LogP contribution in [0.3, 0.4) is 0 Å². The van der Waals surface area contributed by atoms with Crippen molar-refractivity contribution < 1.29 is 28.9 Å². The lowest BCUT2D eigenvalue weighted by Gasteiger charge is -2.27. The molecule has 0 aliphatic carbocycles. The van der Waals surface area contributed by atoms with Gasteiger partial charge in [-0.05, 0) is 67.5 Å². The number of aliphatic hydroxyl groups excluding tert-OH is 1. The number of likely N-dealkylation sites (tertiary alicyclic amines) is 1. The number of carbonyl (C=O) groups is 2. The lowest BCUT2D eigenvalue weighted by Crippen LogP contribution is -2.33. The summed E-state index contributed by atoms with van der Waals surface area (Å²) in [4.78, 5) is 30.8. The molecule has 0 radical (unpaired) electrons. The molecule has 1 N–H and O–H groups in total. The summed E-state index contributed by atoms with van der Waals surface area (Å²) in [6.45, 7) is 8.40. The van der Waals surface area contributed by atoms with E-state index in [-0.39, 0.29) is 11.3 Å². The van der Waals surface area contributed by atoms with E-state index < -0.39 is 17.7 Å². The minimum absolute atomic E-state index is 0.0507. The van der Waals surface area contributed by atoms with Crippen LogP contribution in [0.15, 0.2) is 78.4 Å². The molecule has 3 aromatic carbocycles. The molecule has 1 unspecified atom stereocenters. The number of benzene rings is 3. The molecule has 0 spiro atoms. The fraction of sp³-hybridized carbons (Fsp3) is 0.333. The Bertz CT molecular complexity index is 1420. The SMILES string of the molecule is CCN(CC)CCCN1C(=O)C(=O)/C(=C(\O)c2ccc3c(c2)OCCO3)C1c1cccc(OCc2ccccc2)c1. The van der Waals surface area contributed by atoms with Crippen LogP contribution in [0.2, 0.25) is 0 Å². The number of hydrogen-bond donors (Lipinski definition) is 1. The zero-order valence-corrected chi connectivity index (χ0v) is 23.5. The van der Waals surface area contributed by atoms with Gasteiger partial charge in [0, 0.05) is 12.1 Å². The molecule has 8 nitrogen and oxygen atoms in total. The van der Waals surface area contributed by atoms with Crippen molar-refractivity contribution in [2.24, 2.45) is 0 Å². The third kappa shape index (κ3) is 6.23. The fourth-order valence-corrected chi connectivity index (χ4v) is 5.32. The molecule has 8 heteroatoms. The summed E-state index contributed by atoms with van der Waals surface area (Å²) in [6, 6.07) is 21.5. The van der Waals surface area contributed by atoms with Crippen LogP contribution >= 0.6 is 0 Å². The molecule has 1 fully saturated rings. The summed E-state index contributed by atoms with van der Waals surface area (Å²) < 4.78 is 17.4. The van der Waals surface area contributed by atoms with Crippen molar-refractivity contribution in [1.29, 1.82) is 0 Å². The molecule has 2 aliphatic heterocycles. The van der Waals surface area contributed by atoms with Crippen LogP contribution in [0.5, 0.6) is 17.2 Å². The number of hydrogen-bond acceptors (Lipinski definition) is 7. The smallest absolute Gasteiger partial charge is 0.295 e. The molecular formula is C33H36N2O6. The molecular weight excluding hydrogens is 520 g/mol. The molecule has 0 saturated carbocycles. The highest BCUT2D eigenvalue weighted by atomic mass is 16.6. The van der Waals surface area contributed by atoms with Gasteiger partial charge in [-0.1, -0.05) is 56.3 Å². The second-order valence-electron chi connectivity index (χ2n) is 10.1. The first-order chi connectivity index (χ1) is 20.0. The molecule has 41 heavy (non-hydrogen) atoms. The maximum Gasteiger partial charge on any atom is 0.295 e. The maximum atomic E-state index is 13.5. The average molecular weight is 557 g/mol. The largest absolute Gasteiger partial charge is 0.507 e. The van der Waals surface area contributed by atoms with E-state index in [0.29, 0.717) is 61.2 Å². The number of ether oxygens (including phenoxy) is 3. The number of rotatable bonds is 11. The third-order valence-corrected chi connectivity index (χ3v) is 7.55. The fourth-order valence-electron chi connectivity index (χ4n) is 5.32. The second kappa shape index (κ2) is 12.9. The van der Waals surface area contributed by atoms with Crippen LogP contribution < -0.4 is 14.2 Å². The summed E-state index contributed by atoms with van der Waals surface area (Å²) in [5, 5.41) is 11.5. The maximum absolute atomic E-state index is 13.5. The normalized spacial score (nSPS) is 17.7. The van der Waals surface area contributed by atoms with Crippen LogP contribution in [0.1, 0.15) is 43.0 Å². The van der Waals surface area contributed by atoms with E-state index >= 15 is 0 Å². The molecule has 2 heterocycles. The third-order valence-electron chi connectivity index (χ3n) is 7.55. The van der Waals surface area contributed by atoms with Crippen LogP contribution in [-0.2, 0) is 16.2 Å². The Labute approximate surface area is 240 Å². The first-order valence-electron chi connectivity index (χ1n) is 14.2. The first kappa shape index (κ1) is 28.2. The number of ketones is 1. The number of Topliss-reactive ketones (excluding diaryl/α,β-unsaturated/α-hetero) is 1. The summed E-state index contributed by atoms with van der Waals surface area (Å²) >= 11 is 0. The zero-order valence-electron chi connectivity index (χ0n) is 23.5. The number of amides is 1. The van der Waals surface area contributed by atoms with E-state index in [2.05, 4.69) is 18.7 Å². The van der Waals surface area contributed by atoms with Crippen molar-refractivity contribution in [3.05, 3.63) is 95.1 Å². The van der Waals surface area contributed by atoms with Crippen molar-refractivity contribution in [2.45, 2.75) is 32.9 Å². The molecule has 3 aromatic rings. The average Bonchev–Trinajstić information content (AvgIpc) is 3.27. The van der Waals surface area contributed by atoms with Crippen molar-refractivity contribution in [3.8, 4) is 17.2 Å². The highest BCUT2D eigenvalue weighted by Crippen LogP contribution is 2.42. The van der Waals surface area contributed by atoms with Crippen LogP contribution in [0.25, 0.3) is 5.76 Å². The molecule has 1 saturated heterocycles. The topological polar surface area (TPSA) is 88.5 Å². The Kier molecular flexibility index (Phi) is 8.89. The molecule has 1 atom stereocenters. The van der Waals surface area contributed by atoms with Crippen molar-refractivity contribution in [3.63, 3.8) is 0 Å². The van der Waals surface area contributed by atoms with Crippen molar-refractivity contribution in [1.82, 2.24) is 9.80 Å². The number of carbonyl (C=O) groups excluding carboxylic acids is 2. The highest BCUT2D eigenvalue weighted by Gasteiger charge is 2.46. The number of fused-ring (bicyclic) bond motifs is 1. The Hall–Kier alpha value is -4.30. The second-order valence-corrected chi connectivity index (χ2v) is 10.1. The molecule has 1 amide bonds. The molecule has 5 rings (SSSR count). The van der Waals surface area contributed by atoms with Crippen molar-refractivity contribution in [2.75, 3.05) is 39.4 Å². The van der Waals surface area contributed by atoms with Gasteiger partial charge in [0.1, 0.15) is 31.3 Å². The van der Waals surface area contributed by atoms with Crippen LogP contribution in [0, 0.1) is 0 Å². The van der Waals surface area contributed by atoms with Crippen LogP contribution in [-0.4, -0.2) is 66.0 Å². The predicted octanol–water partition coefficient (Wildman–Crippen LogP) is 5.19. The summed E-state index contributed by atoms with van der Waals surface area (Å²) in [5.74, 6) is 0.0998.